The Balaban J connectivity index is 2.28. The molecule has 3 heteroatoms. The van der Waals surface area contributed by atoms with Gasteiger partial charge in [-0.2, -0.15) is 0 Å². The summed E-state index contributed by atoms with van der Waals surface area (Å²) >= 11 is 0. The van der Waals surface area contributed by atoms with Crippen LogP contribution in [0.5, 0.6) is 0 Å². The smallest absolute Gasteiger partial charge is 0.0431 e. The second-order valence-corrected chi connectivity index (χ2v) is 3.78. The van der Waals surface area contributed by atoms with Crippen LogP contribution in [0.2, 0.25) is 0 Å². The standard InChI is InChI=1S/C12H20N2O/c1-10-9-11(5-6-12(10)13)14-7-3-2-4-8-15/h5-6,9,14-15H,2-4,7-8,13H2,1H3. The van der Waals surface area contributed by atoms with Gasteiger partial charge in [0.15, 0.2) is 0 Å². The number of aryl methyl sites for hydroxylation is 1. The summed E-state index contributed by atoms with van der Waals surface area (Å²) < 4.78 is 0. The van der Waals surface area contributed by atoms with Gasteiger partial charge in [0.05, 0.1) is 0 Å². The van der Waals surface area contributed by atoms with Crippen molar-refractivity contribution in [2.45, 2.75) is 26.2 Å². The van der Waals surface area contributed by atoms with Crippen LogP contribution in [0.1, 0.15) is 24.8 Å². The van der Waals surface area contributed by atoms with E-state index in [2.05, 4.69) is 11.4 Å². The van der Waals surface area contributed by atoms with Crippen molar-refractivity contribution in [3.8, 4) is 0 Å². The van der Waals surface area contributed by atoms with Gasteiger partial charge in [-0.3, -0.25) is 0 Å². The Morgan fingerprint density at radius 2 is 2.07 bits per heavy atom. The molecule has 1 rings (SSSR count). The van der Waals surface area contributed by atoms with Crippen molar-refractivity contribution >= 4 is 11.4 Å². The molecule has 0 amide bonds. The second kappa shape index (κ2) is 6.30. The highest BCUT2D eigenvalue weighted by atomic mass is 16.2. The molecule has 0 atom stereocenters. The van der Waals surface area contributed by atoms with Crippen LogP contribution in [-0.2, 0) is 0 Å². The van der Waals surface area contributed by atoms with Gasteiger partial charge in [0, 0.05) is 24.5 Å². The van der Waals surface area contributed by atoms with Gasteiger partial charge in [0.1, 0.15) is 0 Å². The highest BCUT2D eigenvalue weighted by Crippen LogP contribution is 2.16. The summed E-state index contributed by atoms with van der Waals surface area (Å²) in [6, 6.07) is 5.97. The normalized spacial score (nSPS) is 10.3. The maximum atomic E-state index is 8.62. The second-order valence-electron chi connectivity index (χ2n) is 3.78. The lowest BCUT2D eigenvalue weighted by Gasteiger charge is -2.08. The molecule has 0 aliphatic rings. The Kier molecular flexibility index (Phi) is 4.98. The zero-order chi connectivity index (χ0) is 11.1. The first-order valence-electron chi connectivity index (χ1n) is 5.45. The predicted octanol–water partition coefficient (Wildman–Crippen LogP) is 2.15. The van der Waals surface area contributed by atoms with Gasteiger partial charge < -0.3 is 16.2 Å². The molecule has 0 aromatic heterocycles. The number of aliphatic hydroxyl groups excluding tert-OH is 1. The summed E-state index contributed by atoms with van der Waals surface area (Å²) in [6.45, 7) is 3.25. The van der Waals surface area contributed by atoms with Crippen LogP contribution < -0.4 is 11.1 Å². The molecular formula is C12H20N2O. The fraction of sp³-hybridized carbons (Fsp3) is 0.500. The van der Waals surface area contributed by atoms with Crippen molar-refractivity contribution in [1.82, 2.24) is 0 Å². The van der Waals surface area contributed by atoms with E-state index in [1.54, 1.807) is 0 Å². The number of nitrogen functional groups attached to an aromatic ring is 1. The van der Waals surface area contributed by atoms with Crippen molar-refractivity contribution in [1.29, 1.82) is 0 Å². The number of nitrogens with two attached hydrogens (primary N) is 1. The quantitative estimate of drug-likeness (QED) is 0.496. The zero-order valence-corrected chi connectivity index (χ0v) is 9.29. The number of nitrogens with one attached hydrogen (secondary N) is 1. The predicted molar refractivity (Wildman–Crippen MR) is 65.0 cm³/mol. The summed E-state index contributed by atoms with van der Waals surface area (Å²) in [5.74, 6) is 0. The molecule has 0 heterocycles. The summed E-state index contributed by atoms with van der Waals surface area (Å²) in [7, 11) is 0. The Hall–Kier alpha value is -1.22. The summed E-state index contributed by atoms with van der Waals surface area (Å²) in [6.07, 6.45) is 3.05. The third-order valence-electron chi connectivity index (χ3n) is 2.43. The first-order chi connectivity index (χ1) is 7.24. The molecule has 1 aromatic carbocycles. The maximum Gasteiger partial charge on any atom is 0.0431 e. The fourth-order valence-corrected chi connectivity index (χ4v) is 1.43. The molecule has 0 saturated heterocycles. The van der Waals surface area contributed by atoms with Gasteiger partial charge in [-0.15, -0.1) is 0 Å². The van der Waals surface area contributed by atoms with E-state index in [4.69, 9.17) is 10.8 Å². The van der Waals surface area contributed by atoms with Crippen LogP contribution in [0.25, 0.3) is 0 Å². The lowest BCUT2D eigenvalue weighted by atomic mass is 10.2. The van der Waals surface area contributed by atoms with E-state index >= 15 is 0 Å². The first-order valence-corrected chi connectivity index (χ1v) is 5.45. The monoisotopic (exact) mass is 208 g/mol. The topological polar surface area (TPSA) is 58.3 Å². The molecule has 0 aliphatic carbocycles. The molecule has 0 bridgehead atoms. The molecule has 4 N–H and O–H groups in total. The number of rotatable bonds is 6. The summed E-state index contributed by atoms with van der Waals surface area (Å²) in [5.41, 5.74) is 8.78. The molecular weight excluding hydrogens is 188 g/mol. The molecule has 0 fully saturated rings. The molecule has 84 valence electrons. The Morgan fingerprint density at radius 3 is 2.73 bits per heavy atom. The molecule has 3 nitrogen and oxygen atoms in total. The highest BCUT2D eigenvalue weighted by Gasteiger charge is 1.95. The lowest BCUT2D eigenvalue weighted by molar-refractivity contribution is 0.283. The van der Waals surface area contributed by atoms with Crippen LogP contribution >= 0.6 is 0 Å². The minimum Gasteiger partial charge on any atom is -0.399 e. The number of hydrogen-bond donors (Lipinski definition) is 3. The number of hydrogen-bond acceptors (Lipinski definition) is 3. The van der Waals surface area contributed by atoms with Gasteiger partial charge >= 0.3 is 0 Å². The van der Waals surface area contributed by atoms with Crippen molar-refractivity contribution in [3.05, 3.63) is 23.8 Å². The van der Waals surface area contributed by atoms with Crippen molar-refractivity contribution in [2.24, 2.45) is 0 Å². The Bertz CT molecular complexity index is 300. The van der Waals surface area contributed by atoms with E-state index in [-0.39, 0.29) is 0 Å². The SMILES string of the molecule is Cc1cc(NCCCCCO)ccc1N. The molecule has 0 aliphatic heterocycles. The largest absolute Gasteiger partial charge is 0.399 e. The number of unbranched alkanes of at least 4 members (excludes halogenated alkanes) is 2. The van der Waals surface area contributed by atoms with Crippen LogP contribution in [-0.4, -0.2) is 18.3 Å². The molecule has 15 heavy (non-hydrogen) atoms. The van der Waals surface area contributed by atoms with Gasteiger partial charge in [0.2, 0.25) is 0 Å². The van der Waals surface area contributed by atoms with Gasteiger partial charge in [-0.1, -0.05) is 0 Å². The van der Waals surface area contributed by atoms with E-state index in [0.29, 0.717) is 6.61 Å². The van der Waals surface area contributed by atoms with Gasteiger partial charge in [-0.05, 0) is 49.9 Å². The van der Waals surface area contributed by atoms with Crippen molar-refractivity contribution in [3.63, 3.8) is 0 Å². The van der Waals surface area contributed by atoms with Crippen molar-refractivity contribution < 1.29 is 5.11 Å². The third kappa shape index (κ3) is 4.21. The van der Waals surface area contributed by atoms with E-state index in [9.17, 15) is 0 Å². The number of aliphatic hydroxyl groups is 1. The average Bonchev–Trinajstić information content (AvgIpc) is 2.23. The minimum atomic E-state index is 0.293. The average molecular weight is 208 g/mol. The van der Waals surface area contributed by atoms with Gasteiger partial charge in [-0.25, -0.2) is 0 Å². The van der Waals surface area contributed by atoms with E-state index in [1.807, 2.05) is 19.1 Å². The van der Waals surface area contributed by atoms with E-state index in [1.165, 1.54) is 0 Å². The van der Waals surface area contributed by atoms with E-state index < -0.39 is 0 Å². The molecule has 0 spiro atoms. The lowest BCUT2D eigenvalue weighted by Crippen LogP contribution is -2.02. The van der Waals surface area contributed by atoms with Crippen molar-refractivity contribution in [2.75, 3.05) is 24.2 Å². The van der Waals surface area contributed by atoms with Crippen LogP contribution in [0.15, 0.2) is 18.2 Å². The van der Waals surface area contributed by atoms with Crippen LogP contribution in [0.4, 0.5) is 11.4 Å². The minimum absolute atomic E-state index is 0.293. The van der Waals surface area contributed by atoms with Crippen LogP contribution in [0, 0.1) is 6.92 Å². The van der Waals surface area contributed by atoms with Gasteiger partial charge in [0.25, 0.3) is 0 Å². The summed E-state index contributed by atoms with van der Waals surface area (Å²) in [5, 5.41) is 11.9. The Morgan fingerprint density at radius 1 is 1.27 bits per heavy atom. The van der Waals surface area contributed by atoms with Crippen LogP contribution in [0.3, 0.4) is 0 Å². The number of benzene rings is 1. The van der Waals surface area contributed by atoms with E-state index in [0.717, 1.165) is 42.7 Å². The zero-order valence-electron chi connectivity index (χ0n) is 9.29. The number of anilines is 2. The molecule has 1 aromatic rings. The molecule has 0 saturated carbocycles. The highest BCUT2D eigenvalue weighted by molar-refractivity contribution is 5.56. The molecule has 0 radical (unpaired) electrons. The summed E-state index contributed by atoms with van der Waals surface area (Å²) in [4.78, 5) is 0. The third-order valence-corrected chi connectivity index (χ3v) is 2.43. The maximum absolute atomic E-state index is 8.62. The Labute approximate surface area is 91.3 Å². The fourth-order valence-electron chi connectivity index (χ4n) is 1.43. The first kappa shape index (κ1) is 11.9. The molecule has 0 unspecified atom stereocenters.